The van der Waals surface area contributed by atoms with Crippen LogP contribution in [0.3, 0.4) is 0 Å². The second-order valence-electron chi connectivity index (χ2n) is 5.72. The van der Waals surface area contributed by atoms with Crippen LogP contribution in [0.15, 0.2) is 4.90 Å². The van der Waals surface area contributed by atoms with Gasteiger partial charge in [-0.2, -0.15) is 5.10 Å². The van der Waals surface area contributed by atoms with E-state index in [1.165, 1.54) is 4.68 Å². The van der Waals surface area contributed by atoms with Crippen molar-refractivity contribution in [2.45, 2.75) is 36.6 Å². The molecule has 0 aromatic carbocycles. The summed E-state index contributed by atoms with van der Waals surface area (Å²) in [5, 5.41) is 3.96. The molecule has 1 aliphatic carbocycles. The molecule has 0 amide bonds. The van der Waals surface area contributed by atoms with Crippen LogP contribution >= 0.6 is 0 Å². The minimum Gasteiger partial charge on any atom is -0.381 e. The molecule has 1 aromatic rings. The summed E-state index contributed by atoms with van der Waals surface area (Å²) in [5.74, 6) is 0.0463. The van der Waals surface area contributed by atoms with Crippen molar-refractivity contribution in [1.29, 1.82) is 0 Å². The molecule has 114 valence electrons. The highest BCUT2D eigenvalue weighted by Gasteiger charge is 2.40. The Morgan fingerprint density at radius 3 is 2.40 bits per heavy atom. The average molecular weight is 301 g/mol. The molecule has 1 fully saturated rings. The lowest BCUT2D eigenvalue weighted by Gasteiger charge is -2.47. The molecule has 0 radical (unpaired) electrons. The van der Waals surface area contributed by atoms with E-state index >= 15 is 0 Å². The lowest BCUT2D eigenvalue weighted by atomic mass is 9.76. The molecule has 0 bridgehead atoms. The molecule has 8 heteroatoms. The molecule has 0 unspecified atom stereocenters. The molecule has 1 aromatic heterocycles. The van der Waals surface area contributed by atoms with E-state index in [2.05, 4.69) is 14.7 Å². The highest BCUT2D eigenvalue weighted by Crippen LogP contribution is 2.36. The number of nitrogens with two attached hydrogens (primary N) is 1. The van der Waals surface area contributed by atoms with Crippen LogP contribution in [-0.2, 0) is 17.1 Å². The maximum atomic E-state index is 12.4. The zero-order valence-electron chi connectivity index (χ0n) is 12.5. The zero-order chi connectivity index (χ0) is 15.1. The fourth-order valence-electron chi connectivity index (χ4n) is 2.61. The van der Waals surface area contributed by atoms with Gasteiger partial charge in [0.05, 0.1) is 5.69 Å². The van der Waals surface area contributed by atoms with Crippen LogP contribution in [-0.4, -0.2) is 49.3 Å². The first-order chi connectivity index (χ1) is 9.19. The van der Waals surface area contributed by atoms with Gasteiger partial charge in [0.15, 0.2) is 5.82 Å². The molecule has 2 rings (SSSR count). The molecular weight excluding hydrogens is 278 g/mol. The minimum atomic E-state index is -3.63. The van der Waals surface area contributed by atoms with Crippen LogP contribution in [0.4, 0.5) is 5.82 Å². The number of nitrogen functional groups attached to an aromatic ring is 1. The van der Waals surface area contributed by atoms with Crippen molar-refractivity contribution in [2.75, 3.05) is 26.4 Å². The number of aryl methyl sites for hydroxylation is 1. The maximum Gasteiger partial charge on any atom is 0.246 e. The second-order valence-corrected chi connectivity index (χ2v) is 7.42. The largest absolute Gasteiger partial charge is 0.381 e. The van der Waals surface area contributed by atoms with Crippen LogP contribution in [0.1, 0.15) is 25.0 Å². The molecule has 20 heavy (non-hydrogen) atoms. The number of hydrogen-bond donors (Lipinski definition) is 2. The Kier molecular flexibility index (Phi) is 3.83. The van der Waals surface area contributed by atoms with Gasteiger partial charge in [-0.15, -0.1) is 0 Å². The van der Waals surface area contributed by atoms with Crippen LogP contribution in [0.25, 0.3) is 0 Å². The smallest absolute Gasteiger partial charge is 0.246 e. The third-order valence-electron chi connectivity index (χ3n) is 4.40. The second kappa shape index (κ2) is 5.01. The SMILES string of the molecule is Cc1c(S(=O)(=O)NCC2(N(C)C)CCC2)c(N)nn1C. The molecule has 3 N–H and O–H groups in total. The predicted molar refractivity (Wildman–Crippen MR) is 77.8 cm³/mol. The summed E-state index contributed by atoms with van der Waals surface area (Å²) in [7, 11) is 2.02. The topological polar surface area (TPSA) is 93.2 Å². The fourth-order valence-corrected chi connectivity index (χ4v) is 4.06. The summed E-state index contributed by atoms with van der Waals surface area (Å²) in [6.45, 7) is 2.10. The third-order valence-corrected chi connectivity index (χ3v) is 5.96. The van der Waals surface area contributed by atoms with Gasteiger partial charge in [0.1, 0.15) is 4.90 Å². The molecule has 1 heterocycles. The summed E-state index contributed by atoms with van der Waals surface area (Å²) in [5.41, 5.74) is 6.18. The normalized spacial score (nSPS) is 18.2. The standard InChI is InChI=1S/C12H23N5O2S/c1-9-10(11(13)15-17(9)4)20(18,19)14-8-12(16(2)3)6-5-7-12/h14H,5-8H2,1-4H3,(H2,13,15). The first-order valence-electron chi connectivity index (χ1n) is 6.66. The van der Waals surface area contributed by atoms with Crippen molar-refractivity contribution < 1.29 is 8.42 Å². The Balaban J connectivity index is 2.20. The van der Waals surface area contributed by atoms with E-state index in [4.69, 9.17) is 5.73 Å². The Morgan fingerprint density at radius 1 is 1.45 bits per heavy atom. The highest BCUT2D eigenvalue weighted by atomic mass is 32.2. The van der Waals surface area contributed by atoms with Gasteiger partial charge in [-0.25, -0.2) is 13.1 Å². The Hall–Kier alpha value is -1.12. The predicted octanol–water partition coefficient (Wildman–Crippen LogP) is 0.0733. The number of sulfonamides is 1. The first kappa shape index (κ1) is 15.3. The zero-order valence-corrected chi connectivity index (χ0v) is 13.3. The molecule has 7 nitrogen and oxygen atoms in total. The maximum absolute atomic E-state index is 12.4. The van der Waals surface area contributed by atoms with Gasteiger partial charge >= 0.3 is 0 Å². The van der Waals surface area contributed by atoms with Crippen LogP contribution in [0.5, 0.6) is 0 Å². The molecule has 0 saturated heterocycles. The van der Waals surface area contributed by atoms with E-state index in [-0.39, 0.29) is 16.3 Å². The molecule has 1 aliphatic rings. The van der Waals surface area contributed by atoms with Crippen LogP contribution < -0.4 is 10.5 Å². The van der Waals surface area contributed by atoms with Crippen LogP contribution in [0.2, 0.25) is 0 Å². The molecule has 0 aliphatic heterocycles. The number of rotatable bonds is 5. The number of nitrogens with one attached hydrogen (secondary N) is 1. The number of hydrogen-bond acceptors (Lipinski definition) is 5. The van der Waals surface area contributed by atoms with Crippen molar-refractivity contribution >= 4 is 15.8 Å². The minimum absolute atomic E-state index is 0.0463. The quantitative estimate of drug-likeness (QED) is 0.803. The Morgan fingerprint density at radius 2 is 2.05 bits per heavy atom. The van der Waals surface area contributed by atoms with E-state index in [0.29, 0.717) is 12.2 Å². The average Bonchev–Trinajstić information content (AvgIpc) is 2.50. The van der Waals surface area contributed by atoms with Crippen molar-refractivity contribution in [3.63, 3.8) is 0 Å². The number of anilines is 1. The van der Waals surface area contributed by atoms with Crippen LogP contribution in [0, 0.1) is 6.92 Å². The molecule has 0 atom stereocenters. The summed E-state index contributed by atoms with van der Waals surface area (Å²) in [6.07, 6.45) is 3.14. The summed E-state index contributed by atoms with van der Waals surface area (Å²) >= 11 is 0. The van der Waals surface area contributed by atoms with E-state index in [1.54, 1.807) is 14.0 Å². The lowest BCUT2D eigenvalue weighted by molar-refractivity contribution is 0.0657. The number of aromatic nitrogens is 2. The third kappa shape index (κ3) is 2.43. The Labute approximate surface area is 120 Å². The fraction of sp³-hybridized carbons (Fsp3) is 0.750. The Bertz CT molecular complexity index is 602. The van der Waals surface area contributed by atoms with Gasteiger partial charge in [-0.05, 0) is 40.3 Å². The van der Waals surface area contributed by atoms with Gasteiger partial charge in [0.25, 0.3) is 0 Å². The van der Waals surface area contributed by atoms with Crippen molar-refractivity contribution in [3.05, 3.63) is 5.69 Å². The van der Waals surface area contributed by atoms with Crippen molar-refractivity contribution in [1.82, 2.24) is 19.4 Å². The van der Waals surface area contributed by atoms with Gasteiger partial charge in [0.2, 0.25) is 10.0 Å². The summed E-state index contributed by atoms with van der Waals surface area (Å²) < 4.78 is 29.0. The molecule has 0 spiro atoms. The van der Waals surface area contributed by atoms with E-state index < -0.39 is 10.0 Å². The van der Waals surface area contributed by atoms with Crippen molar-refractivity contribution in [2.24, 2.45) is 7.05 Å². The summed E-state index contributed by atoms with van der Waals surface area (Å²) in [6, 6.07) is 0. The highest BCUT2D eigenvalue weighted by molar-refractivity contribution is 7.89. The van der Waals surface area contributed by atoms with Gasteiger partial charge < -0.3 is 10.6 Å². The first-order valence-corrected chi connectivity index (χ1v) is 8.14. The van der Waals surface area contributed by atoms with E-state index in [0.717, 1.165) is 19.3 Å². The van der Waals surface area contributed by atoms with Gasteiger partial charge in [-0.1, -0.05) is 0 Å². The van der Waals surface area contributed by atoms with Gasteiger partial charge in [-0.3, -0.25) is 4.68 Å². The van der Waals surface area contributed by atoms with E-state index in [1.807, 2.05) is 14.1 Å². The number of likely N-dealkylation sites (N-methyl/N-ethyl adjacent to an activating group) is 1. The lowest BCUT2D eigenvalue weighted by Crippen LogP contribution is -2.57. The number of nitrogens with zero attached hydrogens (tertiary/aromatic N) is 3. The molecular formula is C12H23N5O2S. The monoisotopic (exact) mass is 301 g/mol. The molecule has 1 saturated carbocycles. The van der Waals surface area contributed by atoms with Gasteiger partial charge in [0, 0.05) is 19.1 Å². The summed E-state index contributed by atoms with van der Waals surface area (Å²) in [4.78, 5) is 2.19. The van der Waals surface area contributed by atoms with Crippen molar-refractivity contribution in [3.8, 4) is 0 Å². The van der Waals surface area contributed by atoms with E-state index in [9.17, 15) is 8.42 Å².